The van der Waals surface area contributed by atoms with Gasteiger partial charge in [0.25, 0.3) is 0 Å². The predicted molar refractivity (Wildman–Crippen MR) is 73.5 cm³/mol. The van der Waals surface area contributed by atoms with E-state index >= 15 is 0 Å². The van der Waals surface area contributed by atoms with Gasteiger partial charge in [0.2, 0.25) is 0 Å². The SMILES string of the molecule is CNC(c1cc(Cl)c(Br)cc1F)c1ccoc1C. The van der Waals surface area contributed by atoms with E-state index < -0.39 is 0 Å². The Morgan fingerprint density at radius 2 is 2.11 bits per heavy atom. The minimum absolute atomic E-state index is 0.283. The zero-order valence-corrected chi connectivity index (χ0v) is 12.3. The molecule has 1 unspecified atom stereocenters. The van der Waals surface area contributed by atoms with Gasteiger partial charge < -0.3 is 9.73 Å². The van der Waals surface area contributed by atoms with Gasteiger partial charge in [-0.15, -0.1) is 0 Å². The highest BCUT2D eigenvalue weighted by Gasteiger charge is 2.20. The Bertz CT molecular complexity index is 570. The summed E-state index contributed by atoms with van der Waals surface area (Å²) >= 11 is 9.23. The van der Waals surface area contributed by atoms with Gasteiger partial charge in [-0.2, -0.15) is 0 Å². The number of aryl methyl sites for hydroxylation is 1. The highest BCUT2D eigenvalue weighted by molar-refractivity contribution is 9.10. The van der Waals surface area contributed by atoms with Gasteiger partial charge in [-0.05, 0) is 48.1 Å². The summed E-state index contributed by atoms with van der Waals surface area (Å²) in [7, 11) is 1.77. The Morgan fingerprint density at radius 1 is 1.39 bits per heavy atom. The fourth-order valence-corrected chi connectivity index (χ4v) is 2.42. The van der Waals surface area contributed by atoms with E-state index in [4.69, 9.17) is 16.0 Å². The fraction of sp³-hybridized carbons (Fsp3) is 0.231. The number of nitrogens with one attached hydrogen (secondary N) is 1. The molecule has 0 fully saturated rings. The number of benzene rings is 1. The fourth-order valence-electron chi connectivity index (χ4n) is 1.93. The lowest BCUT2D eigenvalue weighted by molar-refractivity contribution is 0.518. The lowest BCUT2D eigenvalue weighted by Gasteiger charge is -2.17. The number of hydrogen-bond donors (Lipinski definition) is 1. The summed E-state index contributed by atoms with van der Waals surface area (Å²) in [6.07, 6.45) is 1.59. The number of rotatable bonds is 3. The van der Waals surface area contributed by atoms with Crippen LogP contribution in [-0.4, -0.2) is 7.05 Å². The highest BCUT2D eigenvalue weighted by Crippen LogP contribution is 2.32. The van der Waals surface area contributed by atoms with E-state index in [1.54, 1.807) is 19.4 Å². The second-order valence-electron chi connectivity index (χ2n) is 3.94. The van der Waals surface area contributed by atoms with E-state index in [1.165, 1.54) is 6.07 Å². The minimum atomic E-state index is -0.314. The predicted octanol–water partition coefficient (Wildman–Crippen LogP) is 4.45. The van der Waals surface area contributed by atoms with E-state index in [0.29, 0.717) is 15.1 Å². The summed E-state index contributed by atoms with van der Waals surface area (Å²) < 4.78 is 19.8. The largest absolute Gasteiger partial charge is 0.469 e. The molecule has 1 atom stereocenters. The Balaban J connectivity index is 2.52. The van der Waals surface area contributed by atoms with Crippen molar-refractivity contribution in [2.24, 2.45) is 0 Å². The molecule has 0 radical (unpaired) electrons. The molecule has 2 nitrogen and oxygen atoms in total. The lowest BCUT2D eigenvalue weighted by Crippen LogP contribution is -2.19. The van der Waals surface area contributed by atoms with Crippen LogP contribution in [0.5, 0.6) is 0 Å². The average molecular weight is 333 g/mol. The molecule has 0 amide bonds. The molecular weight excluding hydrogens is 321 g/mol. The second-order valence-corrected chi connectivity index (χ2v) is 5.20. The first-order valence-corrected chi connectivity index (χ1v) is 6.57. The van der Waals surface area contributed by atoms with Gasteiger partial charge in [0.1, 0.15) is 11.6 Å². The van der Waals surface area contributed by atoms with Gasteiger partial charge >= 0.3 is 0 Å². The molecule has 0 aliphatic carbocycles. The Morgan fingerprint density at radius 3 is 2.67 bits per heavy atom. The maximum Gasteiger partial charge on any atom is 0.129 e. The Kier molecular flexibility index (Phi) is 4.10. The second kappa shape index (κ2) is 5.43. The summed E-state index contributed by atoms with van der Waals surface area (Å²) in [4.78, 5) is 0. The normalized spacial score (nSPS) is 12.7. The first kappa shape index (κ1) is 13.6. The molecule has 1 N–H and O–H groups in total. The van der Waals surface area contributed by atoms with E-state index in [0.717, 1.165) is 11.3 Å². The minimum Gasteiger partial charge on any atom is -0.469 e. The van der Waals surface area contributed by atoms with Crippen LogP contribution in [0, 0.1) is 12.7 Å². The third kappa shape index (κ3) is 2.46. The van der Waals surface area contributed by atoms with Crippen LogP contribution in [0.4, 0.5) is 4.39 Å². The van der Waals surface area contributed by atoms with Crippen molar-refractivity contribution in [3.8, 4) is 0 Å². The van der Waals surface area contributed by atoms with Crippen LogP contribution in [0.1, 0.15) is 22.9 Å². The topological polar surface area (TPSA) is 25.2 Å². The van der Waals surface area contributed by atoms with Crippen molar-refractivity contribution >= 4 is 27.5 Å². The van der Waals surface area contributed by atoms with Crippen LogP contribution in [-0.2, 0) is 0 Å². The van der Waals surface area contributed by atoms with Crippen LogP contribution < -0.4 is 5.32 Å². The van der Waals surface area contributed by atoms with E-state index in [-0.39, 0.29) is 11.9 Å². The van der Waals surface area contributed by atoms with E-state index in [9.17, 15) is 4.39 Å². The monoisotopic (exact) mass is 331 g/mol. The number of halogens is 3. The Labute approximate surface area is 118 Å². The summed E-state index contributed by atoms with van der Waals surface area (Å²) in [6.45, 7) is 1.85. The van der Waals surface area contributed by atoms with Crippen LogP contribution in [0.25, 0.3) is 0 Å². The molecule has 0 spiro atoms. The van der Waals surface area contributed by atoms with Gasteiger partial charge in [0.15, 0.2) is 0 Å². The van der Waals surface area contributed by atoms with Gasteiger partial charge in [0.05, 0.1) is 17.3 Å². The van der Waals surface area contributed by atoms with Crippen molar-refractivity contribution in [1.29, 1.82) is 0 Å². The molecule has 2 aromatic rings. The summed E-state index contributed by atoms with van der Waals surface area (Å²) in [6, 6.07) is 4.53. The Hall–Kier alpha value is -0.840. The lowest BCUT2D eigenvalue weighted by atomic mass is 9.99. The third-order valence-corrected chi connectivity index (χ3v) is 4.05. The smallest absolute Gasteiger partial charge is 0.129 e. The summed E-state index contributed by atoms with van der Waals surface area (Å²) in [5.74, 6) is 0.444. The first-order chi connectivity index (χ1) is 8.54. The van der Waals surface area contributed by atoms with Crippen molar-refractivity contribution in [2.75, 3.05) is 7.05 Å². The maximum absolute atomic E-state index is 14.0. The van der Waals surface area contributed by atoms with Gasteiger partial charge in [-0.3, -0.25) is 0 Å². The molecular formula is C13H12BrClFNO. The number of furan rings is 1. The van der Waals surface area contributed by atoms with Crippen LogP contribution in [0.15, 0.2) is 33.4 Å². The van der Waals surface area contributed by atoms with Crippen molar-refractivity contribution < 1.29 is 8.81 Å². The maximum atomic E-state index is 14.0. The summed E-state index contributed by atoms with van der Waals surface area (Å²) in [5, 5.41) is 3.55. The molecule has 0 bridgehead atoms. The summed E-state index contributed by atoms with van der Waals surface area (Å²) in [5.41, 5.74) is 1.39. The molecule has 18 heavy (non-hydrogen) atoms. The molecule has 1 heterocycles. The molecule has 1 aromatic heterocycles. The molecule has 0 aliphatic rings. The van der Waals surface area contributed by atoms with Crippen molar-refractivity contribution in [2.45, 2.75) is 13.0 Å². The molecule has 0 aliphatic heterocycles. The van der Waals surface area contributed by atoms with Crippen LogP contribution >= 0.6 is 27.5 Å². The molecule has 0 saturated heterocycles. The van der Waals surface area contributed by atoms with Crippen LogP contribution in [0.3, 0.4) is 0 Å². The molecule has 5 heteroatoms. The molecule has 96 valence electrons. The van der Waals surface area contributed by atoms with E-state index in [1.807, 2.05) is 13.0 Å². The molecule has 0 saturated carbocycles. The van der Waals surface area contributed by atoms with Crippen molar-refractivity contribution in [3.05, 3.63) is 56.7 Å². The number of hydrogen-bond acceptors (Lipinski definition) is 2. The van der Waals surface area contributed by atoms with Gasteiger partial charge in [-0.1, -0.05) is 11.6 Å². The zero-order chi connectivity index (χ0) is 13.3. The third-order valence-electron chi connectivity index (χ3n) is 2.85. The highest BCUT2D eigenvalue weighted by atomic mass is 79.9. The quantitative estimate of drug-likeness (QED) is 0.840. The van der Waals surface area contributed by atoms with Gasteiger partial charge in [0, 0.05) is 15.6 Å². The molecule has 1 aromatic carbocycles. The average Bonchev–Trinajstić information content (AvgIpc) is 2.73. The van der Waals surface area contributed by atoms with Crippen LogP contribution in [0.2, 0.25) is 5.02 Å². The first-order valence-electron chi connectivity index (χ1n) is 5.40. The van der Waals surface area contributed by atoms with Crippen molar-refractivity contribution in [3.63, 3.8) is 0 Å². The molecule has 2 rings (SSSR count). The zero-order valence-electron chi connectivity index (χ0n) is 9.93. The van der Waals surface area contributed by atoms with Gasteiger partial charge in [-0.25, -0.2) is 4.39 Å². The van der Waals surface area contributed by atoms with Crippen molar-refractivity contribution in [1.82, 2.24) is 5.32 Å². The standard InChI is InChI=1S/C13H12BrClFNO/c1-7-8(3-4-18-7)13(17-2)9-5-11(15)10(14)6-12(9)16/h3-6,13,17H,1-2H3. The van der Waals surface area contributed by atoms with E-state index in [2.05, 4.69) is 21.2 Å².